The maximum absolute atomic E-state index is 10.3. The second-order valence-electron chi connectivity index (χ2n) is 8.26. The van der Waals surface area contributed by atoms with Gasteiger partial charge < -0.3 is 14.6 Å². The van der Waals surface area contributed by atoms with E-state index in [4.69, 9.17) is 0 Å². The summed E-state index contributed by atoms with van der Waals surface area (Å²) < 4.78 is 2.13. The van der Waals surface area contributed by atoms with E-state index in [1.165, 1.54) is 30.5 Å². The second-order valence-corrected chi connectivity index (χ2v) is 9.43. The fourth-order valence-electron chi connectivity index (χ4n) is 5.21. The fourth-order valence-corrected chi connectivity index (χ4v) is 6.65. The van der Waals surface area contributed by atoms with Crippen LogP contribution >= 0.6 is 11.8 Å². The first-order valence-electron chi connectivity index (χ1n) is 9.20. The van der Waals surface area contributed by atoms with Crippen molar-refractivity contribution in [3.8, 4) is 5.75 Å². The molecule has 4 nitrogen and oxygen atoms in total. The Bertz CT molecular complexity index is 819. The van der Waals surface area contributed by atoms with E-state index in [-0.39, 0.29) is 0 Å². The van der Waals surface area contributed by atoms with Gasteiger partial charge in [0.15, 0.2) is 5.16 Å². The molecule has 25 heavy (non-hydrogen) atoms. The van der Waals surface area contributed by atoms with Gasteiger partial charge in [-0.05, 0) is 61.3 Å². The molecule has 0 radical (unpaired) electrons. The van der Waals surface area contributed by atoms with E-state index in [1.54, 1.807) is 0 Å². The third-order valence-electron chi connectivity index (χ3n) is 6.63. The van der Waals surface area contributed by atoms with Crippen LogP contribution in [0.15, 0.2) is 35.7 Å². The molecule has 2 aromatic rings. The Morgan fingerprint density at radius 3 is 2.92 bits per heavy atom. The number of nitrogens with zero attached hydrogens (tertiary/aromatic N) is 3. The number of thioether (sulfide) groups is 1. The van der Waals surface area contributed by atoms with Gasteiger partial charge in [0.25, 0.3) is 0 Å². The first kappa shape index (κ1) is 15.8. The maximum atomic E-state index is 10.3. The van der Waals surface area contributed by atoms with Gasteiger partial charge in [0.1, 0.15) is 5.75 Å². The molecule has 2 unspecified atom stereocenters. The number of aromatic hydroxyl groups is 1. The zero-order valence-electron chi connectivity index (χ0n) is 14.9. The maximum Gasteiger partial charge on any atom is 0.167 e. The molecule has 0 bridgehead atoms. The quantitative estimate of drug-likeness (QED) is 0.899. The van der Waals surface area contributed by atoms with E-state index in [2.05, 4.69) is 34.6 Å². The summed E-state index contributed by atoms with van der Waals surface area (Å²) in [5, 5.41) is 12.1. The number of likely N-dealkylation sites (tertiary alicyclic amines) is 1. The molecule has 1 saturated carbocycles. The number of phenolic OH excluding ortho intramolecular Hbond substituents is 1. The molecule has 132 valence electrons. The number of aromatic nitrogens is 2. The molecule has 5 heteroatoms. The van der Waals surface area contributed by atoms with Gasteiger partial charge >= 0.3 is 0 Å². The van der Waals surface area contributed by atoms with Gasteiger partial charge in [0, 0.05) is 37.3 Å². The van der Waals surface area contributed by atoms with Gasteiger partial charge in [-0.15, -0.1) is 0 Å². The number of aryl methyl sites for hydroxylation is 1. The monoisotopic (exact) mass is 355 g/mol. The number of fused-ring (bicyclic) bond motifs is 2. The molecule has 4 atom stereocenters. The average Bonchev–Trinajstić information content (AvgIpc) is 3.05. The number of phenols is 1. The minimum Gasteiger partial charge on any atom is -0.508 e. The third-order valence-corrected chi connectivity index (χ3v) is 8.18. The van der Waals surface area contributed by atoms with Crippen LogP contribution in [0.1, 0.15) is 24.0 Å². The summed E-state index contributed by atoms with van der Waals surface area (Å²) in [5.41, 5.74) is 2.98. The predicted octanol–water partition coefficient (Wildman–Crippen LogP) is 3.10. The summed E-state index contributed by atoms with van der Waals surface area (Å²) in [5.74, 6) is 1.15. The Hall–Kier alpha value is -1.46. The van der Waals surface area contributed by atoms with Crippen LogP contribution in [0.3, 0.4) is 0 Å². The average molecular weight is 356 g/mol. The molecule has 3 aliphatic rings. The molecule has 1 N–H and O–H groups in total. The highest BCUT2D eigenvalue weighted by atomic mass is 32.2. The van der Waals surface area contributed by atoms with Crippen LogP contribution in [-0.2, 0) is 19.9 Å². The van der Waals surface area contributed by atoms with Gasteiger partial charge in [0.2, 0.25) is 0 Å². The van der Waals surface area contributed by atoms with Gasteiger partial charge in [0.05, 0.1) is 0 Å². The largest absolute Gasteiger partial charge is 0.508 e. The van der Waals surface area contributed by atoms with Crippen LogP contribution < -0.4 is 0 Å². The Morgan fingerprint density at radius 1 is 1.24 bits per heavy atom. The van der Waals surface area contributed by atoms with Crippen molar-refractivity contribution in [2.45, 2.75) is 42.1 Å². The summed E-state index contributed by atoms with van der Waals surface area (Å²) in [6.07, 6.45) is 8.61. The van der Waals surface area contributed by atoms with Crippen LogP contribution in [0.4, 0.5) is 0 Å². The van der Waals surface area contributed by atoms with Gasteiger partial charge in [-0.25, -0.2) is 4.98 Å². The molecule has 1 aliphatic heterocycles. The topological polar surface area (TPSA) is 41.3 Å². The lowest BCUT2D eigenvalue weighted by Crippen LogP contribution is -2.51. The Morgan fingerprint density at radius 2 is 2.12 bits per heavy atom. The van der Waals surface area contributed by atoms with Crippen molar-refractivity contribution >= 4 is 11.8 Å². The third kappa shape index (κ3) is 2.51. The number of hydrogen-bond donors (Lipinski definition) is 1. The van der Waals surface area contributed by atoms with Crippen LogP contribution in [0.25, 0.3) is 0 Å². The highest BCUT2D eigenvalue weighted by Gasteiger charge is 2.60. The van der Waals surface area contributed by atoms with Crippen molar-refractivity contribution in [1.29, 1.82) is 0 Å². The number of hydrogen-bond acceptors (Lipinski definition) is 4. The Kier molecular flexibility index (Phi) is 3.48. The van der Waals surface area contributed by atoms with E-state index >= 15 is 0 Å². The number of imidazole rings is 1. The zero-order chi connectivity index (χ0) is 17.2. The van der Waals surface area contributed by atoms with Crippen LogP contribution in [0.5, 0.6) is 5.75 Å². The lowest BCUT2D eigenvalue weighted by atomic mass is 9.71. The number of likely N-dealkylation sites (N-methyl/N-ethyl adjacent to an activating group) is 1. The van der Waals surface area contributed by atoms with E-state index in [1.807, 2.05) is 36.3 Å². The molecule has 1 aromatic heterocycles. The fraction of sp³-hybridized carbons (Fsp3) is 0.550. The standard InChI is InChI=1S/C20H25N3OS/c1-22-7-6-21-19(22)25-18-11-20(18)10-14-8-15-13(4-3-5-17(15)24)9-16(14)23(2)12-20/h3-7,14,16,18,24H,8-12H2,1-2H3/t14-,16+,18?,20?/m0/s1. The summed E-state index contributed by atoms with van der Waals surface area (Å²) >= 11 is 1.95. The van der Waals surface area contributed by atoms with E-state index < -0.39 is 0 Å². The minimum absolute atomic E-state index is 0.439. The number of piperidine rings is 1. The summed E-state index contributed by atoms with van der Waals surface area (Å²) in [6.45, 7) is 1.20. The molecule has 2 fully saturated rings. The summed E-state index contributed by atoms with van der Waals surface area (Å²) in [7, 11) is 4.38. The Balaban J connectivity index is 1.36. The van der Waals surface area contributed by atoms with Gasteiger partial charge in [-0.1, -0.05) is 23.9 Å². The van der Waals surface area contributed by atoms with Crippen LogP contribution in [0.2, 0.25) is 0 Å². The van der Waals surface area contributed by atoms with Crippen molar-refractivity contribution in [3.63, 3.8) is 0 Å². The smallest absolute Gasteiger partial charge is 0.167 e. The van der Waals surface area contributed by atoms with E-state index in [0.717, 1.165) is 18.0 Å². The van der Waals surface area contributed by atoms with Gasteiger partial charge in [-0.3, -0.25) is 0 Å². The number of rotatable bonds is 2. The number of benzene rings is 1. The van der Waals surface area contributed by atoms with E-state index in [0.29, 0.717) is 28.4 Å². The lowest BCUT2D eigenvalue weighted by Gasteiger charge is -2.47. The normalized spacial score (nSPS) is 33.9. The van der Waals surface area contributed by atoms with Crippen molar-refractivity contribution in [2.24, 2.45) is 18.4 Å². The lowest BCUT2D eigenvalue weighted by molar-refractivity contribution is 0.0610. The first-order chi connectivity index (χ1) is 12.1. The molecule has 1 aromatic carbocycles. The van der Waals surface area contributed by atoms with Gasteiger partial charge in [-0.2, -0.15) is 0 Å². The van der Waals surface area contributed by atoms with Crippen molar-refractivity contribution in [3.05, 3.63) is 41.7 Å². The Labute approximate surface area is 153 Å². The van der Waals surface area contributed by atoms with E-state index in [9.17, 15) is 5.11 Å². The van der Waals surface area contributed by atoms with Crippen LogP contribution in [-0.4, -0.2) is 44.4 Å². The van der Waals surface area contributed by atoms with Crippen molar-refractivity contribution in [2.75, 3.05) is 13.6 Å². The molecule has 1 saturated heterocycles. The first-order valence-corrected chi connectivity index (χ1v) is 10.1. The van der Waals surface area contributed by atoms with Crippen LogP contribution in [0, 0.1) is 11.3 Å². The molecule has 2 aliphatic carbocycles. The highest BCUT2D eigenvalue weighted by molar-refractivity contribution is 8.00. The highest BCUT2D eigenvalue weighted by Crippen LogP contribution is 2.62. The molecule has 5 rings (SSSR count). The molecular formula is C20H25N3OS. The summed E-state index contributed by atoms with van der Waals surface area (Å²) in [4.78, 5) is 7.09. The molecule has 2 heterocycles. The van der Waals surface area contributed by atoms with Crippen molar-refractivity contribution in [1.82, 2.24) is 14.5 Å². The van der Waals surface area contributed by atoms with Crippen molar-refractivity contribution < 1.29 is 5.11 Å². The molecular weight excluding hydrogens is 330 g/mol. The summed E-state index contributed by atoms with van der Waals surface area (Å²) in [6, 6.07) is 6.65. The SMILES string of the molecule is CN1CC2(CC2Sc2nccn2C)C[C@@H]2Cc3c(O)cccc3C[C@H]21. The second kappa shape index (κ2) is 5.52. The predicted molar refractivity (Wildman–Crippen MR) is 99.9 cm³/mol. The minimum atomic E-state index is 0.439. The zero-order valence-corrected chi connectivity index (χ0v) is 15.7. The molecule has 0 amide bonds. The molecule has 1 spiro atoms.